The molecule has 1 aromatic rings. The molecule has 0 amide bonds. The Morgan fingerprint density at radius 3 is 2.58 bits per heavy atom. The van der Waals surface area contributed by atoms with E-state index in [1.54, 1.807) is 0 Å². The van der Waals surface area contributed by atoms with Gasteiger partial charge >= 0.3 is 5.97 Å². The average molecular weight is 262 g/mol. The van der Waals surface area contributed by atoms with Crippen molar-refractivity contribution in [3.05, 3.63) is 29.8 Å². The summed E-state index contributed by atoms with van der Waals surface area (Å²) < 4.78 is 11.1. The molecule has 0 atom stereocenters. The molecule has 4 heteroatoms. The average Bonchev–Trinajstić information content (AvgIpc) is 3.16. The molecule has 2 fully saturated rings. The van der Waals surface area contributed by atoms with Crippen molar-refractivity contribution in [2.24, 2.45) is 5.41 Å². The molecule has 1 N–H and O–H groups in total. The molecule has 19 heavy (non-hydrogen) atoms. The van der Waals surface area contributed by atoms with Crippen molar-refractivity contribution < 1.29 is 19.4 Å². The van der Waals surface area contributed by atoms with Crippen molar-refractivity contribution in [2.45, 2.75) is 25.2 Å². The third kappa shape index (κ3) is 2.10. The maximum atomic E-state index is 11.4. The molecule has 2 aliphatic rings. The van der Waals surface area contributed by atoms with Crippen molar-refractivity contribution in [2.75, 3.05) is 19.8 Å². The number of benzene rings is 1. The minimum absolute atomic E-state index is 0.0625. The number of carboxylic acids is 1. The summed E-state index contributed by atoms with van der Waals surface area (Å²) in [6.07, 6.45) is 1.40. The van der Waals surface area contributed by atoms with Crippen LogP contribution in [0.2, 0.25) is 0 Å². The summed E-state index contributed by atoms with van der Waals surface area (Å²) in [4.78, 5) is 11.4. The summed E-state index contributed by atoms with van der Waals surface area (Å²) in [6.45, 7) is 4.10. The molecule has 102 valence electrons. The molecule has 0 spiro atoms. The molecule has 1 aliphatic heterocycles. The SMILES string of the molecule is CC1(COc2ccccc2C2(C(=O)O)CC2)COC1. The predicted molar refractivity (Wildman–Crippen MR) is 69.4 cm³/mol. The maximum Gasteiger partial charge on any atom is 0.314 e. The van der Waals surface area contributed by atoms with Crippen LogP contribution in [0.3, 0.4) is 0 Å². The number of para-hydroxylation sites is 1. The quantitative estimate of drug-likeness (QED) is 0.884. The van der Waals surface area contributed by atoms with Gasteiger partial charge in [0, 0.05) is 11.0 Å². The van der Waals surface area contributed by atoms with Gasteiger partial charge in [-0.3, -0.25) is 4.79 Å². The van der Waals surface area contributed by atoms with Crippen molar-refractivity contribution in [1.82, 2.24) is 0 Å². The summed E-state index contributed by atoms with van der Waals surface area (Å²) in [5, 5.41) is 9.39. The normalized spacial score (nSPS) is 22.4. The zero-order valence-corrected chi connectivity index (χ0v) is 11.0. The first-order valence-electron chi connectivity index (χ1n) is 6.59. The molecular weight excluding hydrogens is 244 g/mol. The van der Waals surface area contributed by atoms with Crippen LogP contribution in [0.25, 0.3) is 0 Å². The monoisotopic (exact) mass is 262 g/mol. The van der Waals surface area contributed by atoms with Crippen molar-refractivity contribution in [3.8, 4) is 5.75 Å². The number of carbonyl (C=O) groups is 1. The lowest BCUT2D eigenvalue weighted by atomic mass is 9.90. The highest BCUT2D eigenvalue weighted by molar-refractivity contribution is 5.86. The first kappa shape index (κ1) is 12.5. The van der Waals surface area contributed by atoms with Gasteiger partial charge in [-0.1, -0.05) is 25.1 Å². The van der Waals surface area contributed by atoms with Crippen LogP contribution in [0.1, 0.15) is 25.3 Å². The molecule has 0 radical (unpaired) electrons. The van der Waals surface area contributed by atoms with Gasteiger partial charge in [0.15, 0.2) is 0 Å². The summed E-state index contributed by atoms with van der Waals surface area (Å²) in [7, 11) is 0. The van der Waals surface area contributed by atoms with E-state index in [1.807, 2.05) is 24.3 Å². The molecule has 1 saturated heterocycles. The molecule has 1 heterocycles. The maximum absolute atomic E-state index is 11.4. The molecule has 1 aliphatic carbocycles. The Bertz CT molecular complexity index is 501. The number of aliphatic carboxylic acids is 1. The van der Waals surface area contributed by atoms with Crippen LogP contribution in [-0.4, -0.2) is 30.9 Å². The van der Waals surface area contributed by atoms with Crippen LogP contribution in [0, 0.1) is 5.41 Å². The molecule has 3 rings (SSSR count). The molecule has 1 aromatic carbocycles. The van der Waals surface area contributed by atoms with Gasteiger partial charge in [-0.2, -0.15) is 0 Å². The summed E-state index contributed by atoms with van der Waals surface area (Å²) >= 11 is 0. The lowest BCUT2D eigenvalue weighted by Gasteiger charge is -2.37. The third-order valence-corrected chi connectivity index (χ3v) is 4.04. The minimum atomic E-state index is -0.748. The highest BCUT2D eigenvalue weighted by Crippen LogP contribution is 2.51. The van der Waals surface area contributed by atoms with Gasteiger partial charge in [0.2, 0.25) is 0 Å². The zero-order chi connectivity index (χ0) is 13.5. The van der Waals surface area contributed by atoms with E-state index in [1.165, 1.54) is 0 Å². The molecule has 0 bridgehead atoms. The van der Waals surface area contributed by atoms with Gasteiger partial charge in [0.25, 0.3) is 0 Å². The number of ether oxygens (including phenoxy) is 2. The first-order valence-corrected chi connectivity index (χ1v) is 6.59. The van der Waals surface area contributed by atoms with Crippen LogP contribution in [0.15, 0.2) is 24.3 Å². The standard InChI is InChI=1S/C15H18O4/c1-14(8-18-9-14)10-19-12-5-3-2-4-11(12)15(6-7-15)13(16)17/h2-5H,6-10H2,1H3,(H,16,17). The Balaban J connectivity index is 1.80. The van der Waals surface area contributed by atoms with Crippen LogP contribution >= 0.6 is 0 Å². The Kier molecular flexibility index (Phi) is 2.78. The largest absolute Gasteiger partial charge is 0.493 e. The number of rotatable bonds is 5. The van der Waals surface area contributed by atoms with E-state index >= 15 is 0 Å². The summed E-state index contributed by atoms with van der Waals surface area (Å²) in [5.41, 5.74) is 0.159. The number of carboxylic acid groups (broad SMARTS) is 1. The topological polar surface area (TPSA) is 55.8 Å². The lowest BCUT2D eigenvalue weighted by Crippen LogP contribution is -2.44. The molecule has 0 unspecified atom stereocenters. The van der Waals surface area contributed by atoms with Gasteiger partial charge in [0.05, 0.1) is 25.2 Å². The van der Waals surface area contributed by atoms with E-state index in [0.29, 0.717) is 38.4 Å². The molecule has 0 aromatic heterocycles. The van der Waals surface area contributed by atoms with Crippen LogP contribution < -0.4 is 4.74 Å². The molecular formula is C15H18O4. The van der Waals surface area contributed by atoms with Crippen molar-refractivity contribution in [1.29, 1.82) is 0 Å². The van der Waals surface area contributed by atoms with E-state index < -0.39 is 11.4 Å². The van der Waals surface area contributed by atoms with Crippen molar-refractivity contribution >= 4 is 5.97 Å². The summed E-state index contributed by atoms with van der Waals surface area (Å²) in [5.74, 6) is -0.0442. The van der Waals surface area contributed by atoms with E-state index in [9.17, 15) is 9.90 Å². The fourth-order valence-corrected chi connectivity index (χ4v) is 2.50. The summed E-state index contributed by atoms with van der Waals surface area (Å²) in [6, 6.07) is 7.49. The fraction of sp³-hybridized carbons (Fsp3) is 0.533. The van der Waals surface area contributed by atoms with Gasteiger partial charge in [0.1, 0.15) is 5.75 Å². The Hall–Kier alpha value is -1.55. The second-order valence-electron chi connectivity index (χ2n) is 5.98. The Morgan fingerprint density at radius 2 is 2.05 bits per heavy atom. The van der Waals surface area contributed by atoms with E-state index in [2.05, 4.69) is 6.92 Å². The Morgan fingerprint density at radius 1 is 1.37 bits per heavy atom. The zero-order valence-electron chi connectivity index (χ0n) is 11.0. The Labute approximate surface area is 112 Å². The van der Waals surface area contributed by atoms with E-state index in [0.717, 1.165) is 5.56 Å². The van der Waals surface area contributed by atoms with Gasteiger partial charge in [-0.15, -0.1) is 0 Å². The van der Waals surface area contributed by atoms with Crippen LogP contribution in [0.5, 0.6) is 5.75 Å². The number of hydrogen-bond donors (Lipinski definition) is 1. The third-order valence-electron chi connectivity index (χ3n) is 4.04. The predicted octanol–water partition coefficient (Wildman–Crippen LogP) is 2.22. The smallest absolute Gasteiger partial charge is 0.314 e. The van der Waals surface area contributed by atoms with Gasteiger partial charge in [-0.25, -0.2) is 0 Å². The highest BCUT2D eigenvalue weighted by Gasteiger charge is 2.53. The lowest BCUT2D eigenvalue weighted by molar-refractivity contribution is -0.140. The van der Waals surface area contributed by atoms with Gasteiger partial charge < -0.3 is 14.6 Å². The fourth-order valence-electron chi connectivity index (χ4n) is 2.50. The van der Waals surface area contributed by atoms with E-state index in [4.69, 9.17) is 9.47 Å². The van der Waals surface area contributed by atoms with Crippen LogP contribution in [0.4, 0.5) is 0 Å². The molecule has 1 saturated carbocycles. The van der Waals surface area contributed by atoms with Crippen LogP contribution in [-0.2, 0) is 14.9 Å². The second kappa shape index (κ2) is 4.23. The second-order valence-corrected chi connectivity index (χ2v) is 5.98. The highest BCUT2D eigenvalue weighted by atomic mass is 16.5. The van der Waals surface area contributed by atoms with E-state index in [-0.39, 0.29) is 5.41 Å². The minimum Gasteiger partial charge on any atom is -0.493 e. The first-order chi connectivity index (χ1) is 9.06. The number of hydrogen-bond acceptors (Lipinski definition) is 3. The van der Waals surface area contributed by atoms with Crippen molar-refractivity contribution in [3.63, 3.8) is 0 Å². The molecule has 4 nitrogen and oxygen atoms in total. The van der Waals surface area contributed by atoms with Gasteiger partial charge in [-0.05, 0) is 18.9 Å².